The summed E-state index contributed by atoms with van der Waals surface area (Å²) in [5.74, 6) is -0.0905. The summed E-state index contributed by atoms with van der Waals surface area (Å²) in [7, 11) is 0. The fraction of sp³-hybridized carbons (Fsp3) is 0.273. The number of amides is 1. The van der Waals surface area contributed by atoms with Gasteiger partial charge in [0.1, 0.15) is 17.0 Å². The number of nitrogens with zero attached hydrogens (tertiary/aromatic N) is 3. The van der Waals surface area contributed by atoms with Gasteiger partial charge in [0.15, 0.2) is 5.13 Å². The van der Waals surface area contributed by atoms with Crippen molar-refractivity contribution in [3.8, 4) is 0 Å². The number of nitrogens with one attached hydrogen (secondary N) is 2. The number of hydrogen-bond donors (Lipinski definition) is 3. The fourth-order valence-electron chi connectivity index (χ4n) is 1.35. The van der Waals surface area contributed by atoms with Gasteiger partial charge < -0.3 is 16.4 Å². The summed E-state index contributed by atoms with van der Waals surface area (Å²) in [6.07, 6.45) is 5.39. The molecule has 0 aliphatic rings. The maximum Gasteiger partial charge on any atom is 0.269 e. The highest BCUT2D eigenvalue weighted by Gasteiger charge is 2.16. The second kappa shape index (κ2) is 6.10. The molecule has 19 heavy (non-hydrogen) atoms. The van der Waals surface area contributed by atoms with E-state index < -0.39 is 0 Å². The number of rotatable bonds is 5. The smallest absolute Gasteiger partial charge is 0.269 e. The van der Waals surface area contributed by atoms with E-state index >= 15 is 0 Å². The summed E-state index contributed by atoms with van der Waals surface area (Å²) in [5, 5.41) is 6.41. The normalized spacial score (nSPS) is 10.2. The van der Waals surface area contributed by atoms with Crippen LogP contribution in [0.3, 0.4) is 0 Å². The molecular weight excluding hydrogens is 264 g/mol. The Hall–Kier alpha value is -2.22. The van der Waals surface area contributed by atoms with Crippen molar-refractivity contribution in [3.05, 3.63) is 23.6 Å². The highest BCUT2D eigenvalue weighted by Crippen LogP contribution is 2.25. The first kappa shape index (κ1) is 13.2. The minimum atomic E-state index is -0.311. The Labute approximate surface area is 114 Å². The number of nitrogens with two attached hydrogens (primary N) is 1. The molecule has 0 spiro atoms. The Morgan fingerprint density at radius 3 is 2.84 bits per heavy atom. The Morgan fingerprint density at radius 1 is 1.42 bits per heavy atom. The first-order valence-electron chi connectivity index (χ1n) is 5.77. The molecule has 7 nitrogen and oxygen atoms in total. The number of hydrogen-bond acceptors (Lipinski definition) is 7. The van der Waals surface area contributed by atoms with Gasteiger partial charge in [0.05, 0.1) is 18.1 Å². The molecule has 2 aromatic heterocycles. The molecule has 1 amide bonds. The molecule has 8 heteroatoms. The summed E-state index contributed by atoms with van der Waals surface area (Å²) >= 11 is 1.23. The number of carbonyl (C=O) groups is 1. The average Bonchev–Trinajstić information content (AvgIpc) is 2.79. The van der Waals surface area contributed by atoms with Crippen LogP contribution in [0.15, 0.2) is 18.7 Å². The van der Waals surface area contributed by atoms with Crippen molar-refractivity contribution in [3.63, 3.8) is 0 Å². The van der Waals surface area contributed by atoms with Gasteiger partial charge in [-0.25, -0.2) is 15.0 Å². The van der Waals surface area contributed by atoms with Gasteiger partial charge in [-0.3, -0.25) is 4.79 Å². The van der Waals surface area contributed by atoms with Crippen molar-refractivity contribution in [1.82, 2.24) is 15.0 Å². The van der Waals surface area contributed by atoms with Crippen LogP contribution in [-0.2, 0) is 0 Å². The standard InChI is InChI=1S/C11H14N6OS/c1-2-3-15-11-17-9(12)8(19-11)10(18)16-7-4-13-6-14-5-7/h4-6H,2-3,12H2,1H3,(H,15,17)(H,16,18). The maximum atomic E-state index is 12.0. The number of aromatic nitrogens is 3. The van der Waals surface area contributed by atoms with Crippen LogP contribution in [0.4, 0.5) is 16.6 Å². The van der Waals surface area contributed by atoms with Gasteiger partial charge in [0, 0.05) is 6.54 Å². The molecule has 0 radical (unpaired) electrons. The van der Waals surface area contributed by atoms with Crippen LogP contribution in [0.1, 0.15) is 23.0 Å². The third kappa shape index (κ3) is 3.38. The molecule has 0 bridgehead atoms. The molecular formula is C11H14N6OS. The molecule has 0 unspecified atom stereocenters. The van der Waals surface area contributed by atoms with Gasteiger partial charge in [-0.2, -0.15) is 0 Å². The number of nitrogen functional groups attached to an aromatic ring is 1. The number of carbonyl (C=O) groups excluding carboxylic acids is 1. The Morgan fingerprint density at radius 2 is 2.16 bits per heavy atom. The summed E-state index contributed by atoms with van der Waals surface area (Å²) < 4.78 is 0. The fourth-order valence-corrected chi connectivity index (χ4v) is 2.16. The second-order valence-electron chi connectivity index (χ2n) is 3.74. The molecule has 0 aromatic carbocycles. The number of thiazole rings is 1. The van der Waals surface area contributed by atoms with Crippen LogP contribution in [0.5, 0.6) is 0 Å². The highest BCUT2D eigenvalue weighted by molar-refractivity contribution is 7.18. The lowest BCUT2D eigenvalue weighted by Crippen LogP contribution is -2.12. The van der Waals surface area contributed by atoms with Gasteiger partial charge in [-0.1, -0.05) is 18.3 Å². The summed E-state index contributed by atoms with van der Waals surface area (Å²) in [5.41, 5.74) is 6.25. The SMILES string of the molecule is CCCNc1nc(N)c(C(=O)Nc2cncnc2)s1. The van der Waals surface area contributed by atoms with Crippen molar-refractivity contribution in [1.29, 1.82) is 0 Å². The molecule has 100 valence electrons. The van der Waals surface area contributed by atoms with Crippen molar-refractivity contribution in [2.45, 2.75) is 13.3 Å². The van der Waals surface area contributed by atoms with E-state index in [1.807, 2.05) is 6.92 Å². The summed E-state index contributed by atoms with van der Waals surface area (Å²) in [4.78, 5) is 24.1. The lowest BCUT2D eigenvalue weighted by atomic mass is 10.4. The summed E-state index contributed by atoms with van der Waals surface area (Å²) in [6, 6.07) is 0. The zero-order chi connectivity index (χ0) is 13.7. The monoisotopic (exact) mass is 278 g/mol. The van der Waals surface area contributed by atoms with E-state index in [4.69, 9.17) is 5.73 Å². The Bertz CT molecular complexity index is 556. The zero-order valence-corrected chi connectivity index (χ0v) is 11.2. The Balaban J connectivity index is 2.08. The Kier molecular flexibility index (Phi) is 4.24. The first-order valence-corrected chi connectivity index (χ1v) is 6.59. The van der Waals surface area contributed by atoms with E-state index in [0.717, 1.165) is 13.0 Å². The van der Waals surface area contributed by atoms with Crippen molar-refractivity contribution in [2.24, 2.45) is 0 Å². The second-order valence-corrected chi connectivity index (χ2v) is 4.74. The van der Waals surface area contributed by atoms with Crippen molar-refractivity contribution < 1.29 is 4.79 Å². The quantitative estimate of drug-likeness (QED) is 0.767. The van der Waals surface area contributed by atoms with Crippen molar-refractivity contribution >= 4 is 33.9 Å². The van der Waals surface area contributed by atoms with Crippen molar-refractivity contribution in [2.75, 3.05) is 22.9 Å². The molecule has 0 fully saturated rings. The van der Waals surface area contributed by atoms with E-state index in [2.05, 4.69) is 25.6 Å². The lowest BCUT2D eigenvalue weighted by Gasteiger charge is -2.01. The maximum absolute atomic E-state index is 12.0. The molecule has 4 N–H and O–H groups in total. The predicted octanol–water partition coefficient (Wildman–Crippen LogP) is 1.59. The van der Waals surface area contributed by atoms with E-state index in [1.165, 1.54) is 30.1 Å². The topological polar surface area (TPSA) is 106 Å². The highest BCUT2D eigenvalue weighted by atomic mass is 32.1. The van der Waals surface area contributed by atoms with Gasteiger partial charge >= 0.3 is 0 Å². The van der Waals surface area contributed by atoms with Gasteiger partial charge in [0.2, 0.25) is 0 Å². The molecule has 0 saturated heterocycles. The zero-order valence-electron chi connectivity index (χ0n) is 10.4. The van der Waals surface area contributed by atoms with E-state index in [9.17, 15) is 4.79 Å². The average molecular weight is 278 g/mol. The first-order chi connectivity index (χ1) is 9.20. The van der Waals surface area contributed by atoms with Gasteiger partial charge in [0.25, 0.3) is 5.91 Å². The van der Waals surface area contributed by atoms with Crippen LogP contribution >= 0.6 is 11.3 Å². The molecule has 0 aliphatic carbocycles. The molecule has 2 rings (SSSR count). The van der Waals surface area contributed by atoms with Crippen LogP contribution in [0.25, 0.3) is 0 Å². The van der Waals surface area contributed by atoms with Crippen LogP contribution in [-0.4, -0.2) is 27.4 Å². The van der Waals surface area contributed by atoms with Gasteiger partial charge in [-0.15, -0.1) is 0 Å². The lowest BCUT2D eigenvalue weighted by molar-refractivity contribution is 0.103. The van der Waals surface area contributed by atoms with Crippen LogP contribution < -0.4 is 16.4 Å². The number of anilines is 3. The molecule has 0 atom stereocenters. The third-order valence-electron chi connectivity index (χ3n) is 2.20. The molecule has 2 aromatic rings. The van der Waals surface area contributed by atoms with Crippen LogP contribution in [0.2, 0.25) is 0 Å². The third-order valence-corrected chi connectivity index (χ3v) is 3.23. The minimum absolute atomic E-state index is 0.220. The van der Waals surface area contributed by atoms with E-state index in [0.29, 0.717) is 15.7 Å². The molecule has 0 aliphatic heterocycles. The molecule has 2 heterocycles. The largest absolute Gasteiger partial charge is 0.382 e. The van der Waals surface area contributed by atoms with Crippen LogP contribution in [0, 0.1) is 0 Å². The molecule has 0 saturated carbocycles. The van der Waals surface area contributed by atoms with Gasteiger partial charge in [-0.05, 0) is 6.42 Å². The minimum Gasteiger partial charge on any atom is -0.382 e. The summed E-state index contributed by atoms with van der Waals surface area (Å²) in [6.45, 7) is 2.84. The van der Waals surface area contributed by atoms with E-state index in [1.54, 1.807) is 0 Å². The van der Waals surface area contributed by atoms with E-state index in [-0.39, 0.29) is 11.7 Å². The predicted molar refractivity (Wildman–Crippen MR) is 75.3 cm³/mol.